The molecule has 2 saturated heterocycles. The van der Waals surface area contributed by atoms with Crippen LogP contribution in [0.3, 0.4) is 0 Å². The summed E-state index contributed by atoms with van der Waals surface area (Å²) >= 11 is 0. The number of aromatic nitrogens is 2. The van der Waals surface area contributed by atoms with Crippen molar-refractivity contribution in [1.29, 1.82) is 0 Å². The lowest BCUT2D eigenvalue weighted by atomic mass is 10.0. The molecule has 2 aliphatic rings. The van der Waals surface area contributed by atoms with Gasteiger partial charge in [-0.2, -0.15) is 0 Å². The highest BCUT2D eigenvalue weighted by atomic mass is 19.1. The number of nitrogens with one attached hydrogen (secondary N) is 2. The number of nitrogens with zero attached hydrogens (tertiary/aromatic N) is 4. The number of hydrogen-bond donors (Lipinski definition) is 4. The molecule has 0 saturated carbocycles. The fourth-order valence-electron chi connectivity index (χ4n) is 6.12. The van der Waals surface area contributed by atoms with E-state index in [0.29, 0.717) is 47.7 Å². The largest absolute Gasteiger partial charge is 0.480 e. The SMILES string of the molecule is O=C(NCC(=O)N1CCCCC1C(=O)O)c1ccc2cc(F)ccc2n1.O=C(NCC(=O)N1CCCC[C@H]1C(=O)O)c1ccc2cc(F)ccc2n1. The first-order valence-corrected chi connectivity index (χ1v) is 16.6. The second-order valence-corrected chi connectivity index (χ2v) is 12.3. The number of rotatable bonds is 8. The van der Waals surface area contributed by atoms with Gasteiger partial charge in [0.2, 0.25) is 11.8 Å². The quantitative estimate of drug-likeness (QED) is 0.210. The van der Waals surface area contributed by atoms with E-state index in [4.69, 9.17) is 0 Å². The van der Waals surface area contributed by atoms with Gasteiger partial charge in [0.15, 0.2) is 0 Å². The van der Waals surface area contributed by atoms with Crippen molar-refractivity contribution in [2.75, 3.05) is 26.2 Å². The molecule has 0 aliphatic carbocycles. The van der Waals surface area contributed by atoms with Gasteiger partial charge in [0.1, 0.15) is 35.1 Å². The highest BCUT2D eigenvalue weighted by molar-refractivity contribution is 5.98. The molecule has 52 heavy (non-hydrogen) atoms. The predicted octanol–water partition coefficient (Wildman–Crippen LogP) is 3.14. The summed E-state index contributed by atoms with van der Waals surface area (Å²) in [5, 5.41) is 24.5. The summed E-state index contributed by atoms with van der Waals surface area (Å²) in [6.45, 7) is 0.133. The monoisotopic (exact) mass is 718 g/mol. The molecule has 6 rings (SSSR count). The van der Waals surface area contributed by atoms with E-state index in [1.165, 1.54) is 58.3 Å². The fraction of sp³-hybridized carbons (Fsp3) is 0.333. The molecule has 0 spiro atoms. The number of amides is 4. The lowest BCUT2D eigenvalue weighted by molar-refractivity contribution is -0.151. The Labute approximate surface area is 295 Å². The highest BCUT2D eigenvalue weighted by Gasteiger charge is 2.33. The molecule has 4 heterocycles. The molecule has 4 N–H and O–H groups in total. The molecule has 2 aromatic carbocycles. The lowest BCUT2D eigenvalue weighted by Crippen LogP contribution is -2.51. The number of aliphatic carboxylic acids is 2. The van der Waals surface area contributed by atoms with Crippen LogP contribution >= 0.6 is 0 Å². The van der Waals surface area contributed by atoms with Crippen molar-refractivity contribution in [3.05, 3.63) is 83.7 Å². The Balaban J connectivity index is 0.000000201. The smallest absolute Gasteiger partial charge is 0.326 e. The minimum atomic E-state index is -1.03. The Morgan fingerprint density at radius 3 is 1.40 bits per heavy atom. The number of carboxylic acid groups (broad SMARTS) is 2. The van der Waals surface area contributed by atoms with Crippen LogP contribution in [-0.4, -0.2) is 104 Å². The first-order valence-electron chi connectivity index (χ1n) is 16.6. The van der Waals surface area contributed by atoms with Gasteiger partial charge in [-0.25, -0.2) is 28.3 Å². The molecule has 4 aromatic rings. The fourth-order valence-corrected chi connectivity index (χ4v) is 6.12. The molecule has 16 heteroatoms. The zero-order valence-corrected chi connectivity index (χ0v) is 27.9. The summed E-state index contributed by atoms with van der Waals surface area (Å²) in [5.41, 5.74) is 1.13. The van der Waals surface area contributed by atoms with Crippen molar-refractivity contribution in [2.45, 2.75) is 50.6 Å². The third kappa shape index (κ3) is 9.18. The molecule has 2 atom stereocenters. The van der Waals surface area contributed by atoms with Crippen LogP contribution in [0.15, 0.2) is 60.7 Å². The maximum atomic E-state index is 13.2. The van der Waals surface area contributed by atoms with Gasteiger partial charge in [-0.05, 0) is 87.1 Å². The predicted molar refractivity (Wildman–Crippen MR) is 182 cm³/mol. The van der Waals surface area contributed by atoms with Crippen molar-refractivity contribution in [3.8, 4) is 0 Å². The van der Waals surface area contributed by atoms with Crippen LogP contribution in [0.5, 0.6) is 0 Å². The van der Waals surface area contributed by atoms with E-state index in [2.05, 4.69) is 20.6 Å². The Morgan fingerprint density at radius 2 is 1.02 bits per heavy atom. The van der Waals surface area contributed by atoms with E-state index in [9.17, 15) is 47.8 Å². The van der Waals surface area contributed by atoms with Crippen molar-refractivity contribution in [1.82, 2.24) is 30.4 Å². The van der Waals surface area contributed by atoms with Gasteiger partial charge in [0.05, 0.1) is 24.1 Å². The maximum absolute atomic E-state index is 13.2. The second kappa shape index (κ2) is 16.8. The number of hydrogen-bond acceptors (Lipinski definition) is 8. The molecule has 2 fully saturated rings. The number of benzene rings is 2. The van der Waals surface area contributed by atoms with Gasteiger partial charge in [-0.1, -0.05) is 12.1 Å². The van der Waals surface area contributed by atoms with Crippen LogP contribution in [0.4, 0.5) is 8.78 Å². The Morgan fingerprint density at radius 1 is 0.615 bits per heavy atom. The number of halogens is 2. The standard InChI is InChI=1S/2C18H18FN3O4/c2*19-12-5-7-13-11(9-12)4-6-14(21-13)17(24)20-10-16(23)22-8-2-1-3-15(22)18(25)26/h2*4-7,9,15H,1-3,8,10H2,(H,20,24)(H,25,26)/t15-;/m0./s1. The second-order valence-electron chi connectivity index (χ2n) is 12.3. The average molecular weight is 719 g/mol. The minimum Gasteiger partial charge on any atom is -0.480 e. The molecule has 2 aromatic heterocycles. The van der Waals surface area contributed by atoms with Gasteiger partial charge < -0.3 is 30.6 Å². The van der Waals surface area contributed by atoms with Crippen molar-refractivity contribution in [2.24, 2.45) is 0 Å². The molecule has 1 unspecified atom stereocenters. The number of carbonyl (C=O) groups excluding carboxylic acids is 4. The normalized spacial score (nSPS) is 17.1. The summed E-state index contributed by atoms with van der Waals surface area (Å²) in [6, 6.07) is 12.4. The summed E-state index contributed by atoms with van der Waals surface area (Å²) in [6.07, 6.45) is 3.83. The first-order chi connectivity index (χ1) is 24.9. The number of carbonyl (C=O) groups is 6. The van der Waals surface area contributed by atoms with Gasteiger partial charge in [0, 0.05) is 23.9 Å². The summed E-state index contributed by atoms with van der Waals surface area (Å²) < 4.78 is 26.4. The Kier molecular flexibility index (Phi) is 12.0. The van der Waals surface area contributed by atoms with E-state index in [-0.39, 0.29) is 24.5 Å². The summed E-state index contributed by atoms with van der Waals surface area (Å²) in [7, 11) is 0. The van der Waals surface area contributed by atoms with Crippen molar-refractivity contribution >= 4 is 57.4 Å². The number of carboxylic acids is 2. The minimum absolute atomic E-state index is 0.102. The van der Waals surface area contributed by atoms with Crippen LogP contribution in [0.1, 0.15) is 59.5 Å². The van der Waals surface area contributed by atoms with Crippen LogP contribution in [0, 0.1) is 11.6 Å². The summed E-state index contributed by atoms with van der Waals surface area (Å²) in [4.78, 5) is 82.4. The van der Waals surface area contributed by atoms with Gasteiger partial charge >= 0.3 is 11.9 Å². The van der Waals surface area contributed by atoms with Crippen LogP contribution in [0.2, 0.25) is 0 Å². The van der Waals surface area contributed by atoms with E-state index in [0.717, 1.165) is 25.7 Å². The molecule has 0 radical (unpaired) electrons. The topological polar surface area (TPSA) is 199 Å². The van der Waals surface area contributed by atoms with Gasteiger partial charge in [0.25, 0.3) is 11.8 Å². The van der Waals surface area contributed by atoms with E-state index in [1.54, 1.807) is 12.1 Å². The number of piperidine rings is 2. The van der Waals surface area contributed by atoms with Gasteiger partial charge in [-0.15, -0.1) is 0 Å². The Bertz CT molecular complexity index is 1880. The number of pyridine rings is 2. The third-order valence-electron chi connectivity index (χ3n) is 8.78. The van der Waals surface area contributed by atoms with Crippen LogP contribution < -0.4 is 10.6 Å². The first kappa shape index (κ1) is 37.2. The maximum Gasteiger partial charge on any atom is 0.326 e. The zero-order valence-electron chi connectivity index (χ0n) is 27.9. The van der Waals surface area contributed by atoms with E-state index >= 15 is 0 Å². The zero-order chi connectivity index (χ0) is 37.4. The molecule has 272 valence electrons. The molecule has 14 nitrogen and oxygen atoms in total. The number of likely N-dealkylation sites (tertiary alicyclic amines) is 2. The molecular weight excluding hydrogens is 682 g/mol. The Hall–Kier alpha value is -6.06. The highest BCUT2D eigenvalue weighted by Crippen LogP contribution is 2.19. The van der Waals surface area contributed by atoms with Crippen molar-refractivity contribution < 1.29 is 47.8 Å². The number of fused-ring (bicyclic) bond motifs is 2. The molecule has 4 amide bonds. The molecule has 2 aliphatic heterocycles. The third-order valence-corrected chi connectivity index (χ3v) is 8.78. The van der Waals surface area contributed by atoms with E-state index in [1.807, 2.05) is 0 Å². The molecule has 0 bridgehead atoms. The van der Waals surface area contributed by atoms with Crippen LogP contribution in [0.25, 0.3) is 21.8 Å². The van der Waals surface area contributed by atoms with Crippen molar-refractivity contribution in [3.63, 3.8) is 0 Å². The lowest BCUT2D eigenvalue weighted by Gasteiger charge is -2.32. The summed E-state index contributed by atoms with van der Waals surface area (Å²) in [5.74, 6) is -4.82. The molecular formula is C36H36F2N6O8. The average Bonchev–Trinajstić information content (AvgIpc) is 3.15. The van der Waals surface area contributed by atoms with E-state index < -0.39 is 59.3 Å². The van der Waals surface area contributed by atoms with Gasteiger partial charge in [-0.3, -0.25) is 19.2 Å². The van der Waals surface area contributed by atoms with Crippen LogP contribution in [-0.2, 0) is 19.2 Å².